The number of hydrogen-bond acceptors (Lipinski definition) is 5. The van der Waals surface area contributed by atoms with Crippen LogP contribution in [0.1, 0.15) is 36.1 Å². The molecule has 0 saturated heterocycles. The zero-order chi connectivity index (χ0) is 23.2. The van der Waals surface area contributed by atoms with Gasteiger partial charge in [-0.1, -0.05) is 42.5 Å². The topological polar surface area (TPSA) is 72.5 Å². The smallest absolute Gasteiger partial charge is 0.243 e. The first-order valence-electron chi connectivity index (χ1n) is 11.9. The maximum absolute atomic E-state index is 12.1. The molecule has 1 aromatic heterocycles. The number of aromatic nitrogens is 1. The monoisotopic (exact) mass is 455 g/mol. The number of anilines is 1. The van der Waals surface area contributed by atoms with Crippen LogP contribution in [-0.2, 0) is 17.6 Å². The summed E-state index contributed by atoms with van der Waals surface area (Å²) in [6, 6.07) is 14.1. The molecule has 0 saturated carbocycles. The number of carbonyl (C=O) groups is 1. The Morgan fingerprint density at radius 3 is 2.85 bits per heavy atom. The molecule has 1 aliphatic heterocycles. The summed E-state index contributed by atoms with van der Waals surface area (Å²) in [6.07, 6.45) is 12.5. The van der Waals surface area contributed by atoms with Gasteiger partial charge in [0.05, 0.1) is 5.52 Å². The number of aryl methyl sites for hydroxylation is 1. The number of ether oxygens (including phenoxy) is 2. The molecule has 6 heteroatoms. The van der Waals surface area contributed by atoms with E-state index >= 15 is 0 Å². The van der Waals surface area contributed by atoms with Gasteiger partial charge in [-0.25, -0.2) is 0 Å². The molecule has 6 nitrogen and oxygen atoms in total. The number of benzene rings is 2. The number of para-hydroxylation sites is 1. The summed E-state index contributed by atoms with van der Waals surface area (Å²) in [7, 11) is 0. The van der Waals surface area contributed by atoms with Gasteiger partial charge in [0.2, 0.25) is 12.7 Å². The minimum absolute atomic E-state index is 0.0953. The summed E-state index contributed by atoms with van der Waals surface area (Å²) in [5.74, 6) is 1.42. The molecule has 0 spiro atoms. The van der Waals surface area contributed by atoms with Crippen molar-refractivity contribution in [2.24, 2.45) is 0 Å². The van der Waals surface area contributed by atoms with Gasteiger partial charge in [0, 0.05) is 35.9 Å². The van der Waals surface area contributed by atoms with E-state index in [2.05, 4.69) is 28.8 Å². The van der Waals surface area contributed by atoms with Crippen LogP contribution in [0.15, 0.2) is 60.7 Å². The number of amides is 1. The van der Waals surface area contributed by atoms with Crippen molar-refractivity contribution in [1.82, 2.24) is 10.3 Å². The van der Waals surface area contributed by atoms with E-state index in [1.54, 1.807) is 12.2 Å². The van der Waals surface area contributed by atoms with Crippen molar-refractivity contribution in [2.45, 2.75) is 32.1 Å². The van der Waals surface area contributed by atoms with E-state index in [-0.39, 0.29) is 12.7 Å². The number of nitrogens with one attached hydrogen (secondary N) is 2. The largest absolute Gasteiger partial charge is 0.454 e. The molecule has 1 amide bonds. The second-order valence-corrected chi connectivity index (χ2v) is 8.54. The average molecular weight is 456 g/mol. The molecule has 1 aliphatic carbocycles. The highest BCUT2D eigenvalue weighted by molar-refractivity contribution is 5.93. The third-order valence-electron chi connectivity index (χ3n) is 6.17. The van der Waals surface area contributed by atoms with Crippen molar-refractivity contribution < 1.29 is 14.3 Å². The van der Waals surface area contributed by atoms with Gasteiger partial charge in [-0.05, 0) is 61.4 Å². The molecule has 0 atom stereocenters. The van der Waals surface area contributed by atoms with Gasteiger partial charge < -0.3 is 20.1 Å². The number of pyridine rings is 1. The molecule has 2 heterocycles. The fourth-order valence-corrected chi connectivity index (χ4v) is 4.47. The zero-order valence-electron chi connectivity index (χ0n) is 19.2. The van der Waals surface area contributed by atoms with Gasteiger partial charge in [-0.3, -0.25) is 9.78 Å². The van der Waals surface area contributed by atoms with Crippen molar-refractivity contribution in [3.05, 3.63) is 77.5 Å². The van der Waals surface area contributed by atoms with Gasteiger partial charge in [-0.15, -0.1) is 0 Å². The van der Waals surface area contributed by atoms with E-state index in [0.29, 0.717) is 6.54 Å². The van der Waals surface area contributed by atoms with Crippen molar-refractivity contribution in [1.29, 1.82) is 0 Å². The highest BCUT2D eigenvalue weighted by Crippen LogP contribution is 2.34. The lowest BCUT2D eigenvalue weighted by molar-refractivity contribution is -0.116. The number of nitrogens with zero attached hydrogens (tertiary/aromatic N) is 1. The minimum Gasteiger partial charge on any atom is -0.454 e. The fourth-order valence-electron chi connectivity index (χ4n) is 4.47. The summed E-state index contributed by atoms with van der Waals surface area (Å²) < 4.78 is 10.7. The van der Waals surface area contributed by atoms with Gasteiger partial charge in [0.25, 0.3) is 0 Å². The Hall–Kier alpha value is -3.80. The second-order valence-electron chi connectivity index (χ2n) is 8.54. The lowest BCUT2D eigenvalue weighted by Crippen LogP contribution is -2.24. The SMILES string of the molecule is O=C(/C=C/C=C/c1ccc2c(c1)OCO2)NCCCNc1c2c(nc3ccccc13)CCCC2. The summed E-state index contributed by atoms with van der Waals surface area (Å²) in [4.78, 5) is 17.0. The molecule has 3 aromatic rings. The molecule has 0 radical (unpaired) electrons. The molecule has 2 aliphatic rings. The quantitative estimate of drug-likeness (QED) is 0.283. The minimum atomic E-state index is -0.0953. The predicted octanol–water partition coefficient (Wildman–Crippen LogP) is 5.03. The van der Waals surface area contributed by atoms with Crippen molar-refractivity contribution in [2.75, 3.05) is 25.2 Å². The normalized spacial score (nSPS) is 14.6. The Balaban J connectivity index is 1.09. The Kier molecular flexibility index (Phi) is 6.75. The standard InChI is InChI=1S/C28H29N3O3/c32-27(13-6-1-8-20-14-15-25-26(18-20)34-19-33-25)29-16-7-17-30-28-21-9-2-4-11-23(21)31-24-12-5-3-10-22(24)28/h1-2,4,6,8-9,11,13-15,18H,3,5,7,10,12,16-17,19H2,(H,29,32)(H,30,31)/b8-1+,13-6+. The first kappa shape index (κ1) is 22.0. The molecule has 5 rings (SSSR count). The first-order chi connectivity index (χ1) is 16.8. The summed E-state index contributed by atoms with van der Waals surface area (Å²) in [5.41, 5.74) is 5.87. The van der Waals surface area contributed by atoms with Crippen LogP contribution < -0.4 is 20.1 Å². The summed E-state index contributed by atoms with van der Waals surface area (Å²) >= 11 is 0. The van der Waals surface area contributed by atoms with E-state index < -0.39 is 0 Å². The van der Waals surface area contributed by atoms with Crippen molar-refractivity contribution >= 4 is 28.6 Å². The molecule has 34 heavy (non-hydrogen) atoms. The lowest BCUT2D eigenvalue weighted by atomic mass is 9.92. The van der Waals surface area contributed by atoms with Crippen LogP contribution in [0.5, 0.6) is 11.5 Å². The molecular formula is C28H29N3O3. The fraction of sp³-hybridized carbons (Fsp3) is 0.286. The molecule has 2 aromatic carbocycles. The molecule has 0 fully saturated rings. The lowest BCUT2D eigenvalue weighted by Gasteiger charge is -2.21. The third kappa shape index (κ3) is 5.06. The highest BCUT2D eigenvalue weighted by Gasteiger charge is 2.17. The molecule has 0 unspecified atom stereocenters. The van der Waals surface area contributed by atoms with E-state index in [1.807, 2.05) is 36.4 Å². The number of rotatable bonds is 8. The highest BCUT2D eigenvalue weighted by atomic mass is 16.7. The van der Waals surface area contributed by atoms with Crippen molar-refractivity contribution in [3.8, 4) is 11.5 Å². The Bertz CT molecular complexity index is 1250. The van der Waals surface area contributed by atoms with Crippen LogP contribution in [0, 0.1) is 0 Å². The first-order valence-corrected chi connectivity index (χ1v) is 11.9. The van der Waals surface area contributed by atoms with Gasteiger partial charge in [0.1, 0.15) is 0 Å². The third-order valence-corrected chi connectivity index (χ3v) is 6.17. The molecule has 2 N–H and O–H groups in total. The number of hydrogen-bond donors (Lipinski definition) is 2. The van der Waals surface area contributed by atoms with Crippen LogP contribution in [0.4, 0.5) is 5.69 Å². The maximum Gasteiger partial charge on any atom is 0.243 e. The number of carbonyl (C=O) groups excluding carboxylic acids is 1. The molecular weight excluding hydrogens is 426 g/mol. The van der Waals surface area contributed by atoms with Crippen molar-refractivity contribution in [3.63, 3.8) is 0 Å². The summed E-state index contributed by atoms with van der Waals surface area (Å²) in [5, 5.41) is 7.78. The molecule has 0 bridgehead atoms. The van der Waals surface area contributed by atoms with Gasteiger partial charge in [-0.2, -0.15) is 0 Å². The van der Waals surface area contributed by atoms with E-state index in [1.165, 1.54) is 35.2 Å². The van der Waals surface area contributed by atoms with E-state index in [9.17, 15) is 4.79 Å². The zero-order valence-corrected chi connectivity index (χ0v) is 19.2. The molecule has 174 valence electrons. The van der Waals surface area contributed by atoms with Crippen LogP contribution in [0.25, 0.3) is 17.0 Å². The van der Waals surface area contributed by atoms with Crippen LogP contribution in [0.3, 0.4) is 0 Å². The Morgan fingerprint density at radius 1 is 1.00 bits per heavy atom. The Morgan fingerprint density at radius 2 is 1.88 bits per heavy atom. The van der Waals surface area contributed by atoms with Gasteiger partial charge >= 0.3 is 0 Å². The van der Waals surface area contributed by atoms with Crippen LogP contribution >= 0.6 is 0 Å². The summed E-state index contributed by atoms with van der Waals surface area (Å²) in [6.45, 7) is 1.68. The predicted molar refractivity (Wildman–Crippen MR) is 135 cm³/mol. The number of fused-ring (bicyclic) bond motifs is 3. The number of allylic oxidation sites excluding steroid dienone is 2. The second kappa shape index (κ2) is 10.4. The van der Waals surface area contributed by atoms with E-state index in [0.717, 1.165) is 48.4 Å². The Labute approximate surface area is 199 Å². The van der Waals surface area contributed by atoms with Gasteiger partial charge in [0.15, 0.2) is 11.5 Å². The maximum atomic E-state index is 12.1. The van der Waals surface area contributed by atoms with Crippen LogP contribution in [-0.4, -0.2) is 30.8 Å². The van der Waals surface area contributed by atoms with E-state index in [4.69, 9.17) is 14.5 Å². The van der Waals surface area contributed by atoms with Crippen LogP contribution in [0.2, 0.25) is 0 Å². The average Bonchev–Trinajstić information content (AvgIpc) is 3.34.